The minimum Gasteiger partial charge on any atom is -0.507 e. The van der Waals surface area contributed by atoms with Crippen molar-refractivity contribution in [3.63, 3.8) is 0 Å². The molecule has 0 radical (unpaired) electrons. The molecule has 0 fully saturated rings. The molecule has 5 nitrogen and oxygen atoms in total. The fourth-order valence-electron chi connectivity index (χ4n) is 4.72. The highest BCUT2D eigenvalue weighted by Gasteiger charge is 2.48. The monoisotopic (exact) mass is 420 g/mol. The molecular weight excluding hydrogens is 400 g/mol. The number of thioether (sulfide) groups is 1. The molecular formula is C24H20O5S. The maximum absolute atomic E-state index is 13.3. The molecule has 6 rings (SSSR count). The van der Waals surface area contributed by atoms with Gasteiger partial charge in [0.25, 0.3) is 0 Å². The van der Waals surface area contributed by atoms with Crippen LogP contribution in [0.5, 0.6) is 11.5 Å². The molecule has 152 valence electrons. The molecule has 2 N–H and O–H groups in total. The summed E-state index contributed by atoms with van der Waals surface area (Å²) in [6.45, 7) is 1.97. The van der Waals surface area contributed by atoms with Crippen LogP contribution in [-0.4, -0.2) is 28.9 Å². The fourth-order valence-corrected chi connectivity index (χ4v) is 5.61. The second-order valence-electron chi connectivity index (χ2n) is 7.95. The van der Waals surface area contributed by atoms with Crippen molar-refractivity contribution in [3.8, 4) is 11.5 Å². The van der Waals surface area contributed by atoms with E-state index in [9.17, 15) is 19.8 Å². The van der Waals surface area contributed by atoms with E-state index in [2.05, 4.69) is 0 Å². The van der Waals surface area contributed by atoms with Crippen molar-refractivity contribution in [2.45, 2.75) is 36.2 Å². The molecule has 0 unspecified atom stereocenters. The molecule has 2 atom stereocenters. The van der Waals surface area contributed by atoms with Crippen LogP contribution in [0.2, 0.25) is 0 Å². The molecule has 0 aliphatic heterocycles. The highest BCUT2D eigenvalue weighted by atomic mass is 32.2. The summed E-state index contributed by atoms with van der Waals surface area (Å²) < 4.78 is 5.74. The summed E-state index contributed by atoms with van der Waals surface area (Å²) in [6, 6.07) is 7.61. The summed E-state index contributed by atoms with van der Waals surface area (Å²) in [4.78, 5) is 27.3. The van der Waals surface area contributed by atoms with Gasteiger partial charge in [-0.25, -0.2) is 0 Å². The Labute approximate surface area is 178 Å². The molecule has 0 heterocycles. The Morgan fingerprint density at radius 1 is 1.10 bits per heavy atom. The van der Waals surface area contributed by atoms with Crippen molar-refractivity contribution < 1.29 is 24.5 Å². The predicted octanol–water partition coefficient (Wildman–Crippen LogP) is 4.75. The quantitative estimate of drug-likeness (QED) is 0.551. The van der Waals surface area contributed by atoms with Gasteiger partial charge in [-0.3, -0.25) is 9.59 Å². The number of fused-ring (bicyclic) bond motifs is 2. The zero-order valence-corrected chi connectivity index (χ0v) is 17.4. The van der Waals surface area contributed by atoms with Crippen LogP contribution in [0, 0.1) is 6.92 Å². The van der Waals surface area contributed by atoms with Crippen LogP contribution in [0.4, 0.5) is 0 Å². The van der Waals surface area contributed by atoms with Crippen LogP contribution in [0.25, 0.3) is 0 Å². The Hall–Kier alpha value is -2.83. The van der Waals surface area contributed by atoms with Gasteiger partial charge in [-0.15, -0.1) is 0 Å². The van der Waals surface area contributed by atoms with Gasteiger partial charge in [0.2, 0.25) is 5.78 Å². The Balaban J connectivity index is 1.67. The van der Waals surface area contributed by atoms with Crippen LogP contribution < -0.4 is 0 Å². The number of hydrogen-bond donors (Lipinski definition) is 2. The van der Waals surface area contributed by atoms with Gasteiger partial charge in [0, 0.05) is 35.1 Å². The van der Waals surface area contributed by atoms with E-state index in [-0.39, 0.29) is 33.4 Å². The zero-order chi connectivity index (χ0) is 21.2. The van der Waals surface area contributed by atoms with Gasteiger partial charge in [-0.1, -0.05) is 41.6 Å². The van der Waals surface area contributed by atoms with Gasteiger partial charge >= 0.3 is 0 Å². The maximum atomic E-state index is 13.3. The van der Waals surface area contributed by atoms with Gasteiger partial charge in [0.15, 0.2) is 5.78 Å². The fraction of sp³-hybridized carbons (Fsp3) is 0.250. The molecule has 30 heavy (non-hydrogen) atoms. The van der Waals surface area contributed by atoms with Crippen molar-refractivity contribution in [1.29, 1.82) is 0 Å². The summed E-state index contributed by atoms with van der Waals surface area (Å²) in [7, 11) is 1.54. The third kappa shape index (κ3) is 2.53. The topological polar surface area (TPSA) is 83.8 Å². The molecule has 2 aromatic carbocycles. The lowest BCUT2D eigenvalue weighted by molar-refractivity contribution is 0.00415. The van der Waals surface area contributed by atoms with Crippen molar-refractivity contribution in [1.82, 2.24) is 0 Å². The van der Waals surface area contributed by atoms with E-state index < -0.39 is 17.2 Å². The summed E-state index contributed by atoms with van der Waals surface area (Å²) in [5.74, 6) is -1.55. The standard InChI is InChI=1S/C24H20O5S/c1-12-3-5-14(6-4-12)30-16-11-15(25)18-19(21(16)26)23(28)20-17(22(18)27)13-7-9-24(20,29-2)10-8-13/h3-7,9,11,13,27-28H,8,10H2,1-2H3/t13-,24-/m1/s1. The summed E-state index contributed by atoms with van der Waals surface area (Å²) in [6.07, 6.45) is 6.43. The number of rotatable bonds is 3. The number of phenolic OH excluding ortho intramolecular Hbond substituents is 2. The number of methoxy groups -OCH3 is 1. The minimum atomic E-state index is -0.907. The average molecular weight is 420 g/mol. The molecule has 0 aromatic heterocycles. The summed E-state index contributed by atoms with van der Waals surface area (Å²) in [5, 5.41) is 22.2. The third-order valence-electron chi connectivity index (χ3n) is 6.28. The molecule has 0 amide bonds. The number of hydrogen-bond acceptors (Lipinski definition) is 6. The van der Waals surface area contributed by atoms with Crippen molar-refractivity contribution in [3.05, 3.63) is 75.2 Å². The van der Waals surface area contributed by atoms with Crippen LogP contribution in [0.15, 0.2) is 52.3 Å². The van der Waals surface area contributed by atoms with E-state index in [4.69, 9.17) is 4.74 Å². The van der Waals surface area contributed by atoms with E-state index in [0.717, 1.165) is 16.9 Å². The normalized spacial score (nSPS) is 23.9. The second kappa shape index (κ2) is 6.59. The number of benzene rings is 2. The van der Waals surface area contributed by atoms with Gasteiger partial charge in [0.1, 0.15) is 17.1 Å². The van der Waals surface area contributed by atoms with Gasteiger partial charge in [0.05, 0.1) is 16.0 Å². The number of carbonyl (C=O) groups is 2. The molecule has 0 spiro atoms. The number of Topliss-reactive ketones (excluding diaryl/α,β-unsaturated/α-hetero) is 1. The smallest absolute Gasteiger partial charge is 0.204 e. The molecule has 2 bridgehead atoms. The van der Waals surface area contributed by atoms with Gasteiger partial charge in [-0.05, 0) is 31.9 Å². The first-order valence-electron chi connectivity index (χ1n) is 9.78. The lowest BCUT2D eigenvalue weighted by atomic mass is 9.66. The van der Waals surface area contributed by atoms with Crippen LogP contribution >= 0.6 is 11.8 Å². The van der Waals surface area contributed by atoms with Gasteiger partial charge in [-0.2, -0.15) is 0 Å². The SMILES string of the molecule is CO[C@]12C=C[C@H](CC1)c1c(O)c3c(c(O)c12)C(=O)C(Sc1ccc(C)cc1)=CC3=O. The molecule has 6 heteroatoms. The number of aromatic hydroxyl groups is 2. The molecule has 0 saturated heterocycles. The maximum Gasteiger partial charge on any atom is 0.204 e. The van der Waals surface area contributed by atoms with E-state index in [0.29, 0.717) is 17.5 Å². The first kappa shape index (κ1) is 19.2. The highest BCUT2D eigenvalue weighted by Crippen LogP contribution is 2.58. The van der Waals surface area contributed by atoms with Crippen LogP contribution in [-0.2, 0) is 10.3 Å². The van der Waals surface area contributed by atoms with Gasteiger partial charge < -0.3 is 14.9 Å². The van der Waals surface area contributed by atoms with E-state index in [1.807, 2.05) is 43.3 Å². The minimum absolute atomic E-state index is 0.114. The molecule has 0 saturated carbocycles. The van der Waals surface area contributed by atoms with Crippen LogP contribution in [0.3, 0.4) is 0 Å². The molecule has 4 aliphatic carbocycles. The van der Waals surface area contributed by atoms with Crippen molar-refractivity contribution in [2.24, 2.45) is 0 Å². The number of ketones is 2. The Bertz CT molecular complexity index is 1180. The largest absolute Gasteiger partial charge is 0.507 e. The summed E-state index contributed by atoms with van der Waals surface area (Å²) >= 11 is 1.17. The number of aryl methyl sites for hydroxylation is 1. The predicted molar refractivity (Wildman–Crippen MR) is 113 cm³/mol. The average Bonchev–Trinajstić information content (AvgIpc) is 2.76. The number of ether oxygens (including phenoxy) is 1. The molecule has 2 aromatic rings. The Morgan fingerprint density at radius 3 is 2.47 bits per heavy atom. The number of allylic oxidation sites excluding steroid dienone is 3. The van der Waals surface area contributed by atoms with E-state index in [1.54, 1.807) is 7.11 Å². The Morgan fingerprint density at radius 2 is 1.83 bits per heavy atom. The van der Waals surface area contributed by atoms with Crippen LogP contribution in [0.1, 0.15) is 56.2 Å². The zero-order valence-electron chi connectivity index (χ0n) is 16.6. The lowest BCUT2D eigenvalue weighted by Crippen LogP contribution is -2.37. The number of carbonyl (C=O) groups excluding carboxylic acids is 2. The third-order valence-corrected chi connectivity index (χ3v) is 7.31. The number of phenols is 2. The van der Waals surface area contributed by atoms with E-state index in [1.165, 1.54) is 17.8 Å². The lowest BCUT2D eigenvalue weighted by Gasteiger charge is -2.44. The molecule has 4 aliphatic rings. The second-order valence-corrected chi connectivity index (χ2v) is 9.07. The first-order chi connectivity index (χ1) is 14.4. The summed E-state index contributed by atoms with van der Waals surface area (Å²) in [5.41, 5.74) is 0.832. The first-order valence-corrected chi connectivity index (χ1v) is 10.6. The van der Waals surface area contributed by atoms with Crippen molar-refractivity contribution >= 4 is 23.3 Å². The van der Waals surface area contributed by atoms with E-state index >= 15 is 0 Å². The van der Waals surface area contributed by atoms with Crippen molar-refractivity contribution in [2.75, 3.05) is 7.11 Å². The Kier molecular flexibility index (Phi) is 4.21. The highest BCUT2D eigenvalue weighted by molar-refractivity contribution is 8.04.